The van der Waals surface area contributed by atoms with E-state index in [2.05, 4.69) is 22.0 Å². The van der Waals surface area contributed by atoms with Crippen molar-refractivity contribution in [1.29, 1.82) is 0 Å². The molecule has 0 spiro atoms. The molecule has 2 aromatic rings. The predicted molar refractivity (Wildman–Crippen MR) is 77.9 cm³/mol. The second-order valence-corrected chi connectivity index (χ2v) is 5.36. The lowest BCUT2D eigenvalue weighted by Gasteiger charge is -2.29. The smallest absolute Gasteiger partial charge is 0.0634 e. The third-order valence-electron chi connectivity index (χ3n) is 3.57. The molecule has 0 saturated heterocycles. The third-order valence-corrected chi connectivity index (χ3v) is 3.91. The van der Waals surface area contributed by atoms with Gasteiger partial charge in [0.05, 0.1) is 5.02 Å². The van der Waals surface area contributed by atoms with Gasteiger partial charge in [-0.05, 0) is 41.3 Å². The topological polar surface area (TPSA) is 42.1 Å². The Morgan fingerprint density at radius 1 is 1.26 bits per heavy atom. The number of pyridine rings is 1. The van der Waals surface area contributed by atoms with Gasteiger partial charge < -0.3 is 5.73 Å². The summed E-state index contributed by atoms with van der Waals surface area (Å²) >= 11 is 6.16. The summed E-state index contributed by atoms with van der Waals surface area (Å²) in [6, 6.07) is 8.18. The Morgan fingerprint density at radius 3 is 3.00 bits per heavy atom. The van der Waals surface area contributed by atoms with Crippen LogP contribution in [-0.4, -0.2) is 16.4 Å². The van der Waals surface area contributed by atoms with E-state index in [-0.39, 0.29) is 0 Å². The Balaban J connectivity index is 1.77. The van der Waals surface area contributed by atoms with Crippen molar-refractivity contribution in [3.05, 3.63) is 58.4 Å². The Bertz CT molecular complexity index is 598. The first-order valence-electron chi connectivity index (χ1n) is 6.40. The molecule has 1 aliphatic heterocycles. The Labute approximate surface area is 118 Å². The fourth-order valence-electron chi connectivity index (χ4n) is 2.54. The molecular weight excluding hydrogens is 258 g/mol. The molecule has 98 valence electrons. The number of hydrogen-bond donors (Lipinski definition) is 1. The van der Waals surface area contributed by atoms with Crippen molar-refractivity contribution >= 4 is 17.3 Å². The number of rotatable bonds is 2. The van der Waals surface area contributed by atoms with Gasteiger partial charge >= 0.3 is 0 Å². The maximum atomic E-state index is 6.16. The van der Waals surface area contributed by atoms with Gasteiger partial charge in [0.25, 0.3) is 0 Å². The van der Waals surface area contributed by atoms with Crippen molar-refractivity contribution in [3.8, 4) is 0 Å². The van der Waals surface area contributed by atoms with Crippen LogP contribution in [0.2, 0.25) is 5.02 Å². The molecule has 0 unspecified atom stereocenters. The maximum absolute atomic E-state index is 6.16. The molecule has 4 heteroatoms. The highest BCUT2D eigenvalue weighted by molar-refractivity contribution is 6.31. The first-order valence-corrected chi connectivity index (χ1v) is 6.78. The molecule has 0 atom stereocenters. The molecule has 19 heavy (non-hydrogen) atoms. The van der Waals surface area contributed by atoms with Crippen molar-refractivity contribution in [3.63, 3.8) is 0 Å². The zero-order chi connectivity index (χ0) is 13.2. The van der Waals surface area contributed by atoms with E-state index in [0.717, 1.165) is 42.3 Å². The standard InChI is InChI=1S/C15H16ClN3/c16-15-8-18-5-3-12(15)9-19-6-4-11-1-2-14(17)7-13(11)10-19/h1-3,5,7-8H,4,6,9-10,17H2. The van der Waals surface area contributed by atoms with Crippen LogP contribution in [-0.2, 0) is 19.5 Å². The predicted octanol–water partition coefficient (Wildman–Crippen LogP) is 2.88. The molecule has 3 rings (SSSR count). The van der Waals surface area contributed by atoms with Gasteiger partial charge in [-0.25, -0.2) is 0 Å². The van der Waals surface area contributed by atoms with Gasteiger partial charge in [-0.3, -0.25) is 9.88 Å². The second-order valence-electron chi connectivity index (χ2n) is 4.96. The molecule has 1 aromatic carbocycles. The summed E-state index contributed by atoms with van der Waals surface area (Å²) in [6.07, 6.45) is 4.56. The summed E-state index contributed by atoms with van der Waals surface area (Å²) in [4.78, 5) is 6.41. The van der Waals surface area contributed by atoms with Gasteiger partial charge in [0, 0.05) is 37.7 Å². The zero-order valence-corrected chi connectivity index (χ0v) is 11.4. The molecule has 0 fully saturated rings. The minimum Gasteiger partial charge on any atom is -0.399 e. The SMILES string of the molecule is Nc1ccc2c(c1)CN(Cc1ccncc1Cl)CC2. The minimum absolute atomic E-state index is 0.737. The number of aromatic nitrogens is 1. The highest BCUT2D eigenvalue weighted by Crippen LogP contribution is 2.24. The van der Waals surface area contributed by atoms with Crippen molar-refractivity contribution < 1.29 is 0 Å². The van der Waals surface area contributed by atoms with Gasteiger partial charge in [-0.2, -0.15) is 0 Å². The fourth-order valence-corrected chi connectivity index (χ4v) is 2.72. The lowest BCUT2D eigenvalue weighted by Crippen LogP contribution is -2.30. The van der Waals surface area contributed by atoms with Crippen molar-refractivity contribution in [2.45, 2.75) is 19.5 Å². The van der Waals surface area contributed by atoms with Gasteiger partial charge in [0.1, 0.15) is 0 Å². The normalized spacial score (nSPS) is 15.2. The van der Waals surface area contributed by atoms with Crippen molar-refractivity contribution in [1.82, 2.24) is 9.88 Å². The zero-order valence-electron chi connectivity index (χ0n) is 10.6. The highest BCUT2D eigenvalue weighted by Gasteiger charge is 2.17. The van der Waals surface area contributed by atoms with E-state index in [0.29, 0.717) is 0 Å². The summed E-state index contributed by atoms with van der Waals surface area (Å²) in [5, 5.41) is 0.737. The van der Waals surface area contributed by atoms with Gasteiger partial charge in [-0.15, -0.1) is 0 Å². The number of anilines is 1. The van der Waals surface area contributed by atoms with E-state index >= 15 is 0 Å². The monoisotopic (exact) mass is 273 g/mol. The molecule has 2 N–H and O–H groups in total. The maximum Gasteiger partial charge on any atom is 0.0634 e. The van der Waals surface area contributed by atoms with Crippen LogP contribution in [0.1, 0.15) is 16.7 Å². The van der Waals surface area contributed by atoms with E-state index in [9.17, 15) is 0 Å². The number of nitrogens with two attached hydrogens (primary N) is 1. The Morgan fingerprint density at radius 2 is 2.16 bits per heavy atom. The van der Waals surface area contributed by atoms with Crippen LogP contribution in [0.25, 0.3) is 0 Å². The van der Waals surface area contributed by atoms with E-state index in [1.807, 2.05) is 12.1 Å². The number of nitrogens with zero attached hydrogens (tertiary/aromatic N) is 2. The van der Waals surface area contributed by atoms with E-state index in [1.165, 1.54) is 11.1 Å². The summed E-state index contributed by atoms with van der Waals surface area (Å²) < 4.78 is 0. The number of benzene rings is 1. The average Bonchev–Trinajstić information content (AvgIpc) is 2.41. The van der Waals surface area contributed by atoms with Gasteiger partial charge in [0.15, 0.2) is 0 Å². The molecule has 1 aliphatic rings. The molecule has 3 nitrogen and oxygen atoms in total. The van der Waals surface area contributed by atoms with Crippen LogP contribution in [0, 0.1) is 0 Å². The molecule has 0 bridgehead atoms. The van der Waals surface area contributed by atoms with E-state index in [1.54, 1.807) is 12.4 Å². The highest BCUT2D eigenvalue weighted by atomic mass is 35.5. The van der Waals surface area contributed by atoms with Crippen molar-refractivity contribution in [2.24, 2.45) is 0 Å². The van der Waals surface area contributed by atoms with Crippen LogP contribution in [0.4, 0.5) is 5.69 Å². The quantitative estimate of drug-likeness (QED) is 0.856. The first kappa shape index (κ1) is 12.5. The number of halogens is 1. The summed E-state index contributed by atoms with van der Waals surface area (Å²) in [6.45, 7) is 2.84. The Kier molecular flexibility index (Phi) is 3.40. The molecule has 0 radical (unpaired) electrons. The largest absolute Gasteiger partial charge is 0.399 e. The lowest BCUT2D eigenvalue weighted by atomic mass is 9.99. The molecule has 0 aliphatic carbocycles. The summed E-state index contributed by atoms with van der Waals surface area (Å²) in [5.74, 6) is 0. The lowest BCUT2D eigenvalue weighted by molar-refractivity contribution is 0.245. The minimum atomic E-state index is 0.737. The van der Waals surface area contributed by atoms with E-state index < -0.39 is 0 Å². The van der Waals surface area contributed by atoms with Crippen molar-refractivity contribution in [2.75, 3.05) is 12.3 Å². The number of nitrogen functional groups attached to an aromatic ring is 1. The van der Waals surface area contributed by atoms with Crippen LogP contribution in [0.3, 0.4) is 0 Å². The van der Waals surface area contributed by atoms with Crippen LogP contribution < -0.4 is 5.73 Å². The van der Waals surface area contributed by atoms with Crippen LogP contribution in [0.15, 0.2) is 36.7 Å². The molecule has 2 heterocycles. The summed E-state index contributed by atoms with van der Waals surface area (Å²) in [5.41, 5.74) is 10.6. The van der Waals surface area contributed by atoms with Gasteiger partial charge in [-0.1, -0.05) is 17.7 Å². The number of fused-ring (bicyclic) bond motifs is 1. The van der Waals surface area contributed by atoms with E-state index in [4.69, 9.17) is 17.3 Å². The first-order chi connectivity index (χ1) is 9.22. The molecular formula is C15H16ClN3. The van der Waals surface area contributed by atoms with Gasteiger partial charge in [0.2, 0.25) is 0 Å². The number of hydrogen-bond acceptors (Lipinski definition) is 3. The third kappa shape index (κ3) is 2.72. The van der Waals surface area contributed by atoms with Crippen LogP contribution >= 0.6 is 11.6 Å². The molecule has 0 saturated carbocycles. The molecule has 1 aromatic heterocycles. The summed E-state index contributed by atoms with van der Waals surface area (Å²) in [7, 11) is 0. The Hall–Kier alpha value is -1.58. The van der Waals surface area contributed by atoms with Crippen LogP contribution in [0.5, 0.6) is 0 Å². The fraction of sp³-hybridized carbons (Fsp3) is 0.267. The second kappa shape index (κ2) is 5.19. The average molecular weight is 274 g/mol. The molecule has 0 amide bonds.